The molecule has 0 saturated heterocycles. The van der Waals surface area contributed by atoms with Gasteiger partial charge in [-0.3, -0.25) is 0 Å². The molecule has 16 N–H and O–H groups in total. The van der Waals surface area contributed by atoms with E-state index >= 15 is 0 Å². The minimum absolute atomic E-state index is 0. The van der Waals surface area contributed by atoms with Crippen molar-refractivity contribution in [2.75, 3.05) is 0 Å². The van der Waals surface area contributed by atoms with Gasteiger partial charge in [-0.25, -0.2) is 0 Å². The fraction of sp³-hybridized carbons (Fsp3) is 0. The Kier molecular flexibility index (Phi) is 38000. The molecule has 0 unspecified atom stereocenters. The summed E-state index contributed by atoms with van der Waals surface area (Å²) in [6.07, 6.45) is 0. The standard InChI is InChI=1S/HI.8H2O.Zr/h1H;8*1H2;. The van der Waals surface area contributed by atoms with Crippen LogP contribution in [0.3, 0.4) is 0 Å². The smallest absolute Gasteiger partial charge is 0 e. The van der Waals surface area contributed by atoms with E-state index in [1.807, 2.05) is 0 Å². The number of hydrogen-bond donors (Lipinski definition) is 0. The Morgan fingerprint density at radius 3 is 0.300 bits per heavy atom. The third-order valence-corrected chi connectivity index (χ3v) is 0. The van der Waals surface area contributed by atoms with Gasteiger partial charge in [-0.2, -0.15) is 0 Å². The van der Waals surface area contributed by atoms with Gasteiger partial charge in [-0.05, 0) is 0 Å². The zero-order valence-corrected chi connectivity index (χ0v) is 9.70. The topological polar surface area (TPSA) is 252 Å². The molecule has 0 aliphatic heterocycles. The molecule has 10 heavy (non-hydrogen) atoms. The second kappa shape index (κ2) is 532. The Hall–Kier alpha value is 1.29. The van der Waals surface area contributed by atoms with Gasteiger partial charge in [0, 0.05) is 26.2 Å². The summed E-state index contributed by atoms with van der Waals surface area (Å²) in [5.74, 6) is 0. The Bertz CT molecular complexity index is 9.22. The maximum atomic E-state index is 0. The predicted molar refractivity (Wildman–Crippen MR) is 44.3 cm³/mol. The maximum Gasteiger partial charge on any atom is 0 e. The van der Waals surface area contributed by atoms with Crippen molar-refractivity contribution in [3.63, 3.8) is 0 Å². The van der Waals surface area contributed by atoms with E-state index in [1.54, 1.807) is 0 Å². The van der Waals surface area contributed by atoms with Crippen LogP contribution in [0, 0.1) is 0 Å². The normalized spacial score (nSPS) is 0. The summed E-state index contributed by atoms with van der Waals surface area (Å²) in [6.45, 7) is 0. The minimum Gasteiger partial charge on any atom is -0.412 e. The molecule has 8 nitrogen and oxygen atoms in total. The molecule has 76 valence electrons. The summed E-state index contributed by atoms with van der Waals surface area (Å²) in [5.41, 5.74) is 0. The monoisotopic (exact) mass is 362 g/mol. The molecule has 0 saturated carbocycles. The van der Waals surface area contributed by atoms with Crippen molar-refractivity contribution in [2.45, 2.75) is 0 Å². The SMILES string of the molecule is I.O.O.O.O.O.O.O.O.[Zr]. The third-order valence-electron chi connectivity index (χ3n) is 0. The molecule has 0 bridgehead atoms. The largest absolute Gasteiger partial charge is 0.412 e. The van der Waals surface area contributed by atoms with E-state index in [1.165, 1.54) is 0 Å². The van der Waals surface area contributed by atoms with Gasteiger partial charge in [0.05, 0.1) is 0 Å². The van der Waals surface area contributed by atoms with Crippen molar-refractivity contribution in [1.82, 2.24) is 0 Å². The Balaban J connectivity index is 0. The molecule has 0 atom stereocenters. The predicted octanol–water partition coefficient (Wildman–Crippen LogP) is -5.98. The molecule has 0 spiro atoms. The van der Waals surface area contributed by atoms with Gasteiger partial charge >= 0.3 is 0 Å². The molecule has 0 amide bonds. The van der Waals surface area contributed by atoms with E-state index in [0.717, 1.165) is 0 Å². The van der Waals surface area contributed by atoms with Gasteiger partial charge in [0.25, 0.3) is 0 Å². The number of hydrogen-bond acceptors (Lipinski definition) is 0. The van der Waals surface area contributed by atoms with E-state index < -0.39 is 0 Å². The van der Waals surface area contributed by atoms with Crippen LogP contribution in [-0.4, -0.2) is 43.8 Å². The molecule has 0 radical (unpaired) electrons. The minimum atomic E-state index is 0. The zero-order chi connectivity index (χ0) is 0. The molecule has 0 heterocycles. The van der Waals surface area contributed by atoms with Crippen LogP contribution in [0.4, 0.5) is 0 Å². The number of rotatable bonds is 0. The van der Waals surface area contributed by atoms with Crippen molar-refractivity contribution < 1.29 is 70.0 Å². The van der Waals surface area contributed by atoms with Crippen molar-refractivity contribution in [3.05, 3.63) is 0 Å². The molecular weight excluding hydrogens is 346 g/mol. The molecular formula is H17IO8Zr. The van der Waals surface area contributed by atoms with Crippen molar-refractivity contribution >= 4 is 24.0 Å². The van der Waals surface area contributed by atoms with Crippen LogP contribution in [0.2, 0.25) is 0 Å². The molecule has 0 fully saturated rings. The fourth-order valence-corrected chi connectivity index (χ4v) is 0. The van der Waals surface area contributed by atoms with Gasteiger partial charge in [-0.1, -0.05) is 0 Å². The van der Waals surface area contributed by atoms with Gasteiger partial charge in [0.15, 0.2) is 0 Å². The van der Waals surface area contributed by atoms with Crippen LogP contribution in [0.25, 0.3) is 0 Å². The fourth-order valence-electron chi connectivity index (χ4n) is 0. The van der Waals surface area contributed by atoms with E-state index in [2.05, 4.69) is 0 Å². The van der Waals surface area contributed by atoms with Gasteiger partial charge in [0.1, 0.15) is 0 Å². The first-order chi connectivity index (χ1) is 0. The van der Waals surface area contributed by atoms with Crippen molar-refractivity contribution in [1.29, 1.82) is 0 Å². The third kappa shape index (κ3) is 382. The average molecular weight is 363 g/mol. The van der Waals surface area contributed by atoms with E-state index in [4.69, 9.17) is 0 Å². The molecule has 10 heteroatoms. The average Bonchev–Trinajstić information content (AvgIpc) is 0. The number of halogens is 1. The van der Waals surface area contributed by atoms with Gasteiger partial charge in [-0.15, -0.1) is 24.0 Å². The van der Waals surface area contributed by atoms with Crippen molar-refractivity contribution in [3.8, 4) is 0 Å². The Morgan fingerprint density at radius 2 is 0.300 bits per heavy atom. The van der Waals surface area contributed by atoms with Crippen LogP contribution < -0.4 is 0 Å². The molecule has 0 aromatic rings. The van der Waals surface area contributed by atoms with E-state index in [-0.39, 0.29) is 94.0 Å². The van der Waals surface area contributed by atoms with Gasteiger partial charge < -0.3 is 43.8 Å². The molecule has 0 aromatic heterocycles. The zero-order valence-electron chi connectivity index (χ0n) is 4.91. The van der Waals surface area contributed by atoms with Crippen LogP contribution >= 0.6 is 24.0 Å². The van der Waals surface area contributed by atoms with E-state index in [9.17, 15) is 0 Å². The van der Waals surface area contributed by atoms with Crippen LogP contribution in [0.1, 0.15) is 0 Å². The first-order valence-electron chi connectivity index (χ1n) is 0. The van der Waals surface area contributed by atoms with Crippen molar-refractivity contribution in [2.24, 2.45) is 0 Å². The van der Waals surface area contributed by atoms with Crippen LogP contribution in [-0.2, 0) is 26.2 Å². The Morgan fingerprint density at radius 1 is 0.300 bits per heavy atom. The second-order valence-corrected chi connectivity index (χ2v) is 0. The summed E-state index contributed by atoms with van der Waals surface area (Å²) in [5, 5.41) is 0. The molecule has 0 aliphatic rings. The maximum absolute atomic E-state index is 0. The first-order valence-corrected chi connectivity index (χ1v) is 0. The summed E-state index contributed by atoms with van der Waals surface area (Å²) in [6, 6.07) is 0. The summed E-state index contributed by atoms with van der Waals surface area (Å²) in [4.78, 5) is 0. The summed E-state index contributed by atoms with van der Waals surface area (Å²) < 4.78 is 0. The van der Waals surface area contributed by atoms with Crippen LogP contribution in [0.15, 0.2) is 0 Å². The van der Waals surface area contributed by atoms with Crippen LogP contribution in [0.5, 0.6) is 0 Å². The van der Waals surface area contributed by atoms with E-state index in [0.29, 0.717) is 0 Å². The Labute approximate surface area is 93.6 Å². The second-order valence-electron chi connectivity index (χ2n) is 0. The molecule has 0 aromatic carbocycles. The first kappa shape index (κ1) is 716. The summed E-state index contributed by atoms with van der Waals surface area (Å²) >= 11 is 0. The molecule has 0 aliphatic carbocycles. The van der Waals surface area contributed by atoms with Gasteiger partial charge in [0.2, 0.25) is 0 Å². The molecule has 0 rings (SSSR count). The summed E-state index contributed by atoms with van der Waals surface area (Å²) in [7, 11) is 0. The quantitative estimate of drug-likeness (QED) is 0.364.